The first-order valence-electron chi connectivity index (χ1n) is 8.78. The van der Waals surface area contributed by atoms with Crippen LogP contribution in [-0.2, 0) is 6.42 Å². The summed E-state index contributed by atoms with van der Waals surface area (Å²) >= 11 is 0. The Hall–Kier alpha value is -3.54. The molecule has 6 heteroatoms. The Kier molecular flexibility index (Phi) is 4.61. The highest BCUT2D eigenvalue weighted by atomic mass is 16.1. The highest BCUT2D eigenvalue weighted by Gasteiger charge is 2.14. The first-order valence-corrected chi connectivity index (χ1v) is 8.78. The first-order chi connectivity index (χ1) is 13.2. The highest BCUT2D eigenvalue weighted by Crippen LogP contribution is 2.22. The van der Waals surface area contributed by atoms with Gasteiger partial charge in [-0.05, 0) is 31.0 Å². The molecule has 0 radical (unpaired) electrons. The van der Waals surface area contributed by atoms with Crippen molar-refractivity contribution in [3.63, 3.8) is 0 Å². The second-order valence-electron chi connectivity index (χ2n) is 6.36. The summed E-state index contributed by atoms with van der Waals surface area (Å²) in [5, 5.41) is 2.92. The maximum absolute atomic E-state index is 12.5. The van der Waals surface area contributed by atoms with Crippen molar-refractivity contribution in [3.05, 3.63) is 84.2 Å². The lowest BCUT2D eigenvalue weighted by Crippen LogP contribution is -2.25. The van der Waals surface area contributed by atoms with E-state index in [1.165, 1.54) is 5.56 Å². The van der Waals surface area contributed by atoms with Gasteiger partial charge in [0.2, 0.25) is 0 Å². The van der Waals surface area contributed by atoms with E-state index in [1.807, 2.05) is 47.7 Å². The number of fused-ring (bicyclic) bond motifs is 1. The van der Waals surface area contributed by atoms with Crippen molar-refractivity contribution in [1.82, 2.24) is 24.7 Å². The molecule has 0 aliphatic carbocycles. The van der Waals surface area contributed by atoms with E-state index in [2.05, 4.69) is 20.3 Å². The van der Waals surface area contributed by atoms with Gasteiger partial charge in [0.25, 0.3) is 5.91 Å². The van der Waals surface area contributed by atoms with Crippen LogP contribution in [0.2, 0.25) is 0 Å². The van der Waals surface area contributed by atoms with E-state index in [0.29, 0.717) is 17.9 Å². The number of nitrogens with zero attached hydrogens (tertiary/aromatic N) is 4. The number of pyridine rings is 1. The van der Waals surface area contributed by atoms with Gasteiger partial charge in [0.1, 0.15) is 11.4 Å². The predicted octanol–water partition coefficient (Wildman–Crippen LogP) is 3.07. The van der Waals surface area contributed by atoms with E-state index in [-0.39, 0.29) is 5.91 Å². The van der Waals surface area contributed by atoms with Crippen LogP contribution in [0.4, 0.5) is 0 Å². The van der Waals surface area contributed by atoms with Gasteiger partial charge < -0.3 is 9.72 Å². The van der Waals surface area contributed by atoms with Crippen LogP contribution in [0.1, 0.15) is 21.6 Å². The van der Waals surface area contributed by atoms with Crippen molar-refractivity contribution < 1.29 is 4.79 Å². The molecular formula is C21H19N5O. The van der Waals surface area contributed by atoms with Crippen molar-refractivity contribution in [2.75, 3.05) is 6.54 Å². The van der Waals surface area contributed by atoms with Crippen LogP contribution in [0.3, 0.4) is 0 Å². The minimum absolute atomic E-state index is 0.192. The summed E-state index contributed by atoms with van der Waals surface area (Å²) in [5.74, 6) is -0.192. The Morgan fingerprint density at radius 2 is 1.85 bits per heavy atom. The van der Waals surface area contributed by atoms with Crippen LogP contribution < -0.4 is 5.32 Å². The molecule has 1 amide bonds. The number of rotatable bonds is 5. The lowest BCUT2D eigenvalue weighted by Gasteiger charge is -2.03. The summed E-state index contributed by atoms with van der Waals surface area (Å²) in [5.41, 5.74) is 5.09. The fraction of sp³-hybridized carbons (Fsp3) is 0.143. The molecule has 0 aliphatic heterocycles. The second-order valence-corrected chi connectivity index (χ2v) is 6.36. The number of imidazole rings is 1. The van der Waals surface area contributed by atoms with Crippen molar-refractivity contribution >= 4 is 11.6 Å². The standard InChI is InChI=1S/C21H19N5O/c1-15-2-4-17(5-3-15)19-20-25-18(14-26(20)13-12-23-19)21(27)24-11-8-16-6-9-22-10-7-16/h2-7,9-10,12-14H,8,11H2,1H3,(H,24,27). The zero-order valence-electron chi connectivity index (χ0n) is 15.0. The summed E-state index contributed by atoms with van der Waals surface area (Å²) in [6.07, 6.45) is 9.49. The largest absolute Gasteiger partial charge is 0.350 e. The lowest BCUT2D eigenvalue weighted by molar-refractivity contribution is 0.0950. The van der Waals surface area contributed by atoms with E-state index in [1.54, 1.807) is 31.0 Å². The number of nitrogens with one attached hydrogen (secondary N) is 1. The maximum Gasteiger partial charge on any atom is 0.271 e. The van der Waals surface area contributed by atoms with E-state index in [4.69, 9.17) is 0 Å². The Balaban J connectivity index is 1.53. The van der Waals surface area contributed by atoms with E-state index >= 15 is 0 Å². The van der Waals surface area contributed by atoms with Gasteiger partial charge >= 0.3 is 0 Å². The summed E-state index contributed by atoms with van der Waals surface area (Å²) in [4.78, 5) is 25.4. The van der Waals surface area contributed by atoms with Gasteiger partial charge in [0, 0.05) is 43.1 Å². The van der Waals surface area contributed by atoms with Crippen LogP contribution in [0.5, 0.6) is 0 Å². The average Bonchev–Trinajstić information content (AvgIpc) is 3.14. The number of carbonyl (C=O) groups excluding carboxylic acids is 1. The van der Waals surface area contributed by atoms with E-state index < -0.39 is 0 Å². The van der Waals surface area contributed by atoms with Gasteiger partial charge in [-0.1, -0.05) is 29.8 Å². The summed E-state index contributed by atoms with van der Waals surface area (Å²) < 4.78 is 1.83. The Labute approximate surface area is 156 Å². The topological polar surface area (TPSA) is 72.2 Å². The third kappa shape index (κ3) is 3.69. The lowest BCUT2D eigenvalue weighted by atomic mass is 10.1. The van der Waals surface area contributed by atoms with E-state index in [9.17, 15) is 4.79 Å². The fourth-order valence-corrected chi connectivity index (χ4v) is 2.90. The molecule has 0 saturated carbocycles. The summed E-state index contributed by atoms with van der Waals surface area (Å²) in [6.45, 7) is 2.58. The minimum Gasteiger partial charge on any atom is -0.350 e. The fourth-order valence-electron chi connectivity index (χ4n) is 2.90. The monoisotopic (exact) mass is 357 g/mol. The maximum atomic E-state index is 12.5. The number of hydrogen-bond acceptors (Lipinski definition) is 4. The predicted molar refractivity (Wildman–Crippen MR) is 103 cm³/mol. The SMILES string of the molecule is Cc1ccc(-c2nccn3cc(C(=O)NCCc4ccncc4)nc23)cc1. The number of hydrogen-bond donors (Lipinski definition) is 1. The van der Waals surface area contributed by atoms with Gasteiger partial charge in [-0.2, -0.15) is 0 Å². The van der Waals surface area contributed by atoms with Crippen LogP contribution in [0, 0.1) is 6.92 Å². The van der Waals surface area contributed by atoms with Gasteiger partial charge in [-0.3, -0.25) is 14.8 Å². The molecular weight excluding hydrogens is 338 g/mol. The third-order valence-corrected chi connectivity index (χ3v) is 4.38. The molecule has 4 aromatic rings. The smallest absolute Gasteiger partial charge is 0.271 e. The Morgan fingerprint density at radius 3 is 2.63 bits per heavy atom. The molecule has 27 heavy (non-hydrogen) atoms. The molecule has 0 aliphatic rings. The van der Waals surface area contributed by atoms with Gasteiger partial charge in [-0.25, -0.2) is 4.98 Å². The van der Waals surface area contributed by atoms with Crippen LogP contribution in [0.25, 0.3) is 16.9 Å². The number of carbonyl (C=O) groups is 1. The van der Waals surface area contributed by atoms with Crippen LogP contribution in [0.15, 0.2) is 67.4 Å². The van der Waals surface area contributed by atoms with Gasteiger partial charge in [-0.15, -0.1) is 0 Å². The molecule has 3 aromatic heterocycles. The Bertz CT molecular complexity index is 1070. The summed E-state index contributed by atoms with van der Waals surface area (Å²) in [6, 6.07) is 12.0. The van der Waals surface area contributed by atoms with Crippen molar-refractivity contribution in [3.8, 4) is 11.3 Å². The normalized spacial score (nSPS) is 10.9. The van der Waals surface area contributed by atoms with Crippen molar-refractivity contribution in [1.29, 1.82) is 0 Å². The molecule has 0 bridgehead atoms. The number of aromatic nitrogens is 4. The summed E-state index contributed by atoms with van der Waals surface area (Å²) in [7, 11) is 0. The van der Waals surface area contributed by atoms with Crippen molar-refractivity contribution in [2.45, 2.75) is 13.3 Å². The molecule has 3 heterocycles. The molecule has 0 unspecified atom stereocenters. The van der Waals surface area contributed by atoms with Crippen molar-refractivity contribution in [2.24, 2.45) is 0 Å². The highest BCUT2D eigenvalue weighted by molar-refractivity contribution is 5.93. The zero-order valence-corrected chi connectivity index (χ0v) is 15.0. The molecule has 0 spiro atoms. The molecule has 4 rings (SSSR count). The first kappa shape index (κ1) is 16.9. The minimum atomic E-state index is -0.192. The Morgan fingerprint density at radius 1 is 1.07 bits per heavy atom. The molecule has 1 N–H and O–H groups in total. The van der Waals surface area contributed by atoms with Crippen LogP contribution in [-0.4, -0.2) is 31.8 Å². The number of benzene rings is 1. The van der Waals surface area contributed by atoms with Gasteiger partial charge in [0.15, 0.2) is 5.65 Å². The van der Waals surface area contributed by atoms with Gasteiger partial charge in [0.05, 0.1) is 0 Å². The molecule has 0 saturated heterocycles. The number of aryl methyl sites for hydroxylation is 1. The third-order valence-electron chi connectivity index (χ3n) is 4.38. The number of amides is 1. The second kappa shape index (κ2) is 7.37. The van der Waals surface area contributed by atoms with E-state index in [0.717, 1.165) is 23.2 Å². The molecule has 6 nitrogen and oxygen atoms in total. The average molecular weight is 357 g/mol. The molecule has 0 fully saturated rings. The molecule has 134 valence electrons. The molecule has 0 atom stereocenters. The molecule has 1 aromatic carbocycles. The zero-order chi connectivity index (χ0) is 18.6. The van der Waals surface area contributed by atoms with Crippen LogP contribution >= 0.6 is 0 Å². The quantitative estimate of drug-likeness (QED) is 0.596.